The zero-order chi connectivity index (χ0) is 13.3. The van der Waals surface area contributed by atoms with Crippen LogP contribution in [0, 0.1) is 13.8 Å². The Bertz CT molecular complexity index is 573. The third kappa shape index (κ3) is 2.55. The predicted octanol–water partition coefficient (Wildman–Crippen LogP) is 4.98. The van der Waals surface area contributed by atoms with E-state index in [0.29, 0.717) is 21.5 Å². The second-order valence-electron chi connectivity index (χ2n) is 4.11. The van der Waals surface area contributed by atoms with Crippen LogP contribution in [0.3, 0.4) is 0 Å². The Hall–Kier alpha value is -1.38. The molecule has 0 aliphatic rings. The molecule has 94 valence electrons. The Labute approximate surface area is 116 Å². The number of ether oxygens (including phenoxy) is 1. The van der Waals surface area contributed by atoms with Crippen LogP contribution in [-0.4, -0.2) is 0 Å². The van der Waals surface area contributed by atoms with Crippen LogP contribution in [0.15, 0.2) is 30.3 Å². The molecular weight excluding hydrogens is 269 g/mol. The van der Waals surface area contributed by atoms with Crippen molar-refractivity contribution in [3.8, 4) is 11.5 Å². The molecule has 0 radical (unpaired) electrons. The lowest BCUT2D eigenvalue weighted by Gasteiger charge is -2.13. The first-order valence-electron chi connectivity index (χ1n) is 5.47. The van der Waals surface area contributed by atoms with Gasteiger partial charge >= 0.3 is 0 Å². The highest BCUT2D eigenvalue weighted by Crippen LogP contribution is 2.39. The maximum atomic E-state index is 6.09. The molecule has 2 aromatic rings. The zero-order valence-electron chi connectivity index (χ0n) is 10.1. The van der Waals surface area contributed by atoms with Gasteiger partial charge in [0.05, 0.1) is 10.0 Å². The highest BCUT2D eigenvalue weighted by Gasteiger charge is 2.11. The fraction of sp³-hybridized carbons (Fsp3) is 0.143. The summed E-state index contributed by atoms with van der Waals surface area (Å²) in [6.07, 6.45) is 0. The van der Waals surface area contributed by atoms with Gasteiger partial charge in [-0.15, -0.1) is 0 Å². The normalized spacial score (nSPS) is 10.4. The van der Waals surface area contributed by atoms with Crippen LogP contribution < -0.4 is 10.5 Å². The van der Waals surface area contributed by atoms with Gasteiger partial charge in [0.1, 0.15) is 5.75 Å². The summed E-state index contributed by atoms with van der Waals surface area (Å²) in [6, 6.07) is 9.07. The summed E-state index contributed by atoms with van der Waals surface area (Å²) >= 11 is 12.2. The lowest BCUT2D eigenvalue weighted by atomic mass is 10.1. The van der Waals surface area contributed by atoms with Gasteiger partial charge in [-0.2, -0.15) is 0 Å². The van der Waals surface area contributed by atoms with Crippen molar-refractivity contribution in [1.82, 2.24) is 0 Å². The molecule has 2 rings (SSSR count). The summed E-state index contributed by atoms with van der Waals surface area (Å²) in [4.78, 5) is 0. The number of aryl methyl sites for hydroxylation is 1. The lowest BCUT2D eigenvalue weighted by Crippen LogP contribution is -1.93. The minimum absolute atomic E-state index is 0.404. The van der Waals surface area contributed by atoms with Gasteiger partial charge in [-0.25, -0.2) is 0 Å². The van der Waals surface area contributed by atoms with Crippen molar-refractivity contribution in [1.29, 1.82) is 0 Å². The monoisotopic (exact) mass is 281 g/mol. The van der Waals surface area contributed by atoms with Crippen molar-refractivity contribution in [3.05, 3.63) is 51.5 Å². The molecule has 0 saturated carbocycles. The van der Waals surface area contributed by atoms with Crippen LogP contribution in [0.4, 0.5) is 5.69 Å². The Balaban J connectivity index is 2.43. The summed E-state index contributed by atoms with van der Waals surface area (Å²) in [7, 11) is 0. The van der Waals surface area contributed by atoms with Crippen LogP contribution in [-0.2, 0) is 0 Å². The summed E-state index contributed by atoms with van der Waals surface area (Å²) in [5.74, 6) is 1.17. The number of halogens is 2. The smallest absolute Gasteiger partial charge is 0.164 e. The topological polar surface area (TPSA) is 35.2 Å². The van der Waals surface area contributed by atoms with E-state index in [1.165, 1.54) is 0 Å². The molecule has 0 amide bonds. The summed E-state index contributed by atoms with van der Waals surface area (Å²) in [5, 5.41) is 0.807. The molecular formula is C14H13Cl2NO. The molecule has 0 aromatic heterocycles. The van der Waals surface area contributed by atoms with Crippen molar-refractivity contribution in [3.63, 3.8) is 0 Å². The molecule has 18 heavy (non-hydrogen) atoms. The third-order valence-electron chi connectivity index (χ3n) is 2.79. The van der Waals surface area contributed by atoms with Gasteiger partial charge in [-0.05, 0) is 43.2 Å². The molecule has 0 atom stereocenters. The van der Waals surface area contributed by atoms with Crippen molar-refractivity contribution in [2.24, 2.45) is 0 Å². The number of hydrogen-bond acceptors (Lipinski definition) is 2. The van der Waals surface area contributed by atoms with Crippen LogP contribution in [0.25, 0.3) is 0 Å². The Kier molecular flexibility index (Phi) is 3.69. The lowest BCUT2D eigenvalue weighted by molar-refractivity contribution is 0.479. The van der Waals surface area contributed by atoms with E-state index in [1.807, 2.05) is 32.0 Å². The average Bonchev–Trinajstić information content (AvgIpc) is 2.28. The second kappa shape index (κ2) is 5.09. The molecule has 0 bridgehead atoms. The fourth-order valence-electron chi connectivity index (χ4n) is 1.62. The first-order chi connectivity index (χ1) is 8.49. The van der Waals surface area contributed by atoms with Gasteiger partial charge in [0.15, 0.2) is 5.75 Å². The molecule has 2 N–H and O–H groups in total. The van der Waals surface area contributed by atoms with Crippen LogP contribution in [0.2, 0.25) is 10.0 Å². The highest BCUT2D eigenvalue weighted by atomic mass is 35.5. The molecule has 0 fully saturated rings. The number of nitrogens with two attached hydrogens (primary N) is 1. The Morgan fingerprint density at radius 2 is 1.67 bits per heavy atom. The number of hydrogen-bond donors (Lipinski definition) is 1. The average molecular weight is 282 g/mol. The Morgan fingerprint density at radius 1 is 1.06 bits per heavy atom. The standard InChI is InChI=1S/C14H13Cl2NO/c1-8-4-3-5-13(9(8)2)18-14-11(15)6-10(17)7-12(14)16/h3-7H,17H2,1-2H3. The molecule has 4 heteroatoms. The molecule has 0 heterocycles. The van der Waals surface area contributed by atoms with Gasteiger partial charge in [-0.3, -0.25) is 0 Å². The quantitative estimate of drug-likeness (QED) is 0.788. The second-order valence-corrected chi connectivity index (χ2v) is 4.93. The molecule has 0 spiro atoms. The van der Waals surface area contributed by atoms with Gasteiger partial charge in [-0.1, -0.05) is 35.3 Å². The van der Waals surface area contributed by atoms with E-state index in [0.717, 1.165) is 16.9 Å². The SMILES string of the molecule is Cc1cccc(Oc2c(Cl)cc(N)cc2Cl)c1C. The van der Waals surface area contributed by atoms with Crippen LogP contribution in [0.5, 0.6) is 11.5 Å². The minimum Gasteiger partial charge on any atom is -0.454 e. The largest absolute Gasteiger partial charge is 0.454 e. The Morgan fingerprint density at radius 3 is 2.28 bits per heavy atom. The highest BCUT2D eigenvalue weighted by molar-refractivity contribution is 6.37. The molecule has 0 aliphatic carbocycles. The van der Waals surface area contributed by atoms with E-state index in [4.69, 9.17) is 33.7 Å². The van der Waals surface area contributed by atoms with Gasteiger partial charge in [0.2, 0.25) is 0 Å². The fourth-order valence-corrected chi connectivity index (χ4v) is 2.20. The van der Waals surface area contributed by atoms with E-state index in [2.05, 4.69) is 0 Å². The summed E-state index contributed by atoms with van der Waals surface area (Å²) in [5.41, 5.74) is 8.37. The molecule has 0 aliphatic heterocycles. The summed E-state index contributed by atoms with van der Waals surface area (Å²) in [6.45, 7) is 4.01. The minimum atomic E-state index is 0.404. The van der Waals surface area contributed by atoms with Crippen molar-refractivity contribution >= 4 is 28.9 Å². The number of nitrogen functional groups attached to an aromatic ring is 1. The molecule has 0 unspecified atom stereocenters. The number of rotatable bonds is 2. The van der Waals surface area contributed by atoms with Crippen molar-refractivity contribution in [2.45, 2.75) is 13.8 Å². The van der Waals surface area contributed by atoms with Crippen molar-refractivity contribution < 1.29 is 4.74 Å². The number of benzene rings is 2. The van der Waals surface area contributed by atoms with Gasteiger partial charge in [0, 0.05) is 5.69 Å². The van der Waals surface area contributed by atoms with E-state index < -0.39 is 0 Å². The first-order valence-corrected chi connectivity index (χ1v) is 6.23. The van der Waals surface area contributed by atoms with E-state index in [1.54, 1.807) is 12.1 Å². The maximum absolute atomic E-state index is 6.09. The maximum Gasteiger partial charge on any atom is 0.164 e. The van der Waals surface area contributed by atoms with E-state index >= 15 is 0 Å². The molecule has 2 aromatic carbocycles. The van der Waals surface area contributed by atoms with Crippen molar-refractivity contribution in [2.75, 3.05) is 5.73 Å². The van der Waals surface area contributed by atoms with E-state index in [-0.39, 0.29) is 0 Å². The van der Waals surface area contributed by atoms with Gasteiger partial charge in [0.25, 0.3) is 0 Å². The molecule has 0 saturated heterocycles. The molecule has 2 nitrogen and oxygen atoms in total. The zero-order valence-corrected chi connectivity index (χ0v) is 11.6. The van der Waals surface area contributed by atoms with Crippen LogP contribution in [0.1, 0.15) is 11.1 Å². The van der Waals surface area contributed by atoms with Gasteiger partial charge < -0.3 is 10.5 Å². The van der Waals surface area contributed by atoms with E-state index in [9.17, 15) is 0 Å². The van der Waals surface area contributed by atoms with Crippen LogP contribution >= 0.6 is 23.2 Å². The number of anilines is 1. The predicted molar refractivity (Wildman–Crippen MR) is 76.9 cm³/mol. The third-order valence-corrected chi connectivity index (χ3v) is 3.35. The summed E-state index contributed by atoms with van der Waals surface area (Å²) < 4.78 is 5.79. The first kappa shape index (κ1) is 13.1.